The molecule has 266 valence electrons. The number of unbranched alkanes of at least 4 members (excludes halogenated alkanes) is 1. The van der Waals surface area contributed by atoms with Crippen molar-refractivity contribution < 1.29 is 19.1 Å². The molecule has 0 unspecified atom stereocenters. The van der Waals surface area contributed by atoms with Gasteiger partial charge in [0.2, 0.25) is 5.91 Å². The second kappa shape index (κ2) is 17.0. The monoisotopic (exact) mass is 677 g/mol. The first kappa shape index (κ1) is 38.3. The molecule has 0 aliphatic carbocycles. The molecule has 0 saturated heterocycles. The standard InChI is InChI=1S/C43H55N3O4/c1-31-21-25-35(26-22-31)43(33-16-10-8-11-17-33,34-18-12-9-13-19-34)45-29-15-14-20-37(44)39(47)46-38(40(48)50-42(5,6)7)30-32-23-27-36(28-24-32)49-41(2,3)4/h8-13,16-19,21-28,37-38,45H,14-15,20,29-30,44H2,1-7H3,(H,46,47)/t37-,38-/m0/s1. The van der Waals surface area contributed by atoms with E-state index in [0.29, 0.717) is 13.0 Å². The van der Waals surface area contributed by atoms with E-state index in [1.165, 1.54) is 5.56 Å². The van der Waals surface area contributed by atoms with Gasteiger partial charge in [-0.1, -0.05) is 109 Å². The van der Waals surface area contributed by atoms with Crippen LogP contribution in [0.25, 0.3) is 0 Å². The third kappa shape index (κ3) is 11.0. The maximum atomic E-state index is 13.4. The number of carbonyl (C=O) groups is 2. The number of ether oxygens (including phenoxy) is 2. The van der Waals surface area contributed by atoms with Crippen LogP contribution in [0.15, 0.2) is 109 Å². The molecule has 2 atom stereocenters. The van der Waals surface area contributed by atoms with Gasteiger partial charge in [-0.15, -0.1) is 0 Å². The summed E-state index contributed by atoms with van der Waals surface area (Å²) < 4.78 is 11.6. The lowest BCUT2D eigenvalue weighted by molar-refractivity contribution is -0.158. The molecule has 0 saturated carbocycles. The minimum absolute atomic E-state index is 0.271. The number of amides is 1. The van der Waals surface area contributed by atoms with Crippen LogP contribution in [0, 0.1) is 6.92 Å². The first-order chi connectivity index (χ1) is 23.7. The minimum atomic E-state index is -0.879. The van der Waals surface area contributed by atoms with Crippen LogP contribution in [0.1, 0.15) is 88.6 Å². The predicted octanol–water partition coefficient (Wildman–Crippen LogP) is 7.62. The molecule has 4 N–H and O–H groups in total. The summed E-state index contributed by atoms with van der Waals surface area (Å²) in [6.45, 7) is 14.2. The van der Waals surface area contributed by atoms with E-state index in [1.807, 2.05) is 77.9 Å². The van der Waals surface area contributed by atoms with E-state index in [2.05, 4.69) is 90.4 Å². The van der Waals surface area contributed by atoms with Crippen LogP contribution >= 0.6 is 0 Å². The van der Waals surface area contributed by atoms with Gasteiger partial charge in [0.05, 0.1) is 11.6 Å². The van der Waals surface area contributed by atoms with Crippen LogP contribution in [0.3, 0.4) is 0 Å². The highest BCUT2D eigenvalue weighted by Gasteiger charge is 2.35. The highest BCUT2D eigenvalue weighted by Crippen LogP contribution is 2.37. The maximum Gasteiger partial charge on any atom is 0.329 e. The second-order valence-corrected chi connectivity index (χ2v) is 15.0. The van der Waals surface area contributed by atoms with E-state index >= 15 is 0 Å². The number of nitrogens with one attached hydrogen (secondary N) is 2. The van der Waals surface area contributed by atoms with E-state index in [-0.39, 0.29) is 17.9 Å². The van der Waals surface area contributed by atoms with Gasteiger partial charge in [-0.3, -0.25) is 10.1 Å². The zero-order chi connectivity index (χ0) is 36.4. The van der Waals surface area contributed by atoms with E-state index in [0.717, 1.165) is 40.8 Å². The Kier molecular flexibility index (Phi) is 13.0. The van der Waals surface area contributed by atoms with Gasteiger partial charge >= 0.3 is 5.97 Å². The van der Waals surface area contributed by atoms with E-state index in [4.69, 9.17) is 15.2 Å². The Morgan fingerprint density at radius 1 is 0.700 bits per heavy atom. The summed E-state index contributed by atoms with van der Waals surface area (Å²) in [5, 5.41) is 6.79. The van der Waals surface area contributed by atoms with Gasteiger partial charge in [0.1, 0.15) is 23.0 Å². The number of carbonyl (C=O) groups excluding carboxylic acids is 2. The Balaban J connectivity index is 1.41. The zero-order valence-electron chi connectivity index (χ0n) is 30.8. The van der Waals surface area contributed by atoms with Crippen LogP contribution in [0.2, 0.25) is 0 Å². The molecular weight excluding hydrogens is 622 g/mol. The number of nitrogens with two attached hydrogens (primary N) is 1. The topological polar surface area (TPSA) is 103 Å². The van der Waals surface area contributed by atoms with Gasteiger partial charge in [-0.25, -0.2) is 4.79 Å². The molecule has 7 heteroatoms. The summed E-state index contributed by atoms with van der Waals surface area (Å²) in [6.07, 6.45) is 2.27. The Morgan fingerprint density at radius 2 is 1.24 bits per heavy atom. The predicted molar refractivity (Wildman–Crippen MR) is 202 cm³/mol. The normalized spacial score (nSPS) is 13.3. The first-order valence-corrected chi connectivity index (χ1v) is 17.7. The Bertz CT molecular complexity index is 1600. The lowest BCUT2D eigenvalue weighted by Gasteiger charge is -2.37. The smallest absolute Gasteiger partial charge is 0.329 e. The average Bonchev–Trinajstić information content (AvgIpc) is 3.07. The molecule has 0 bridgehead atoms. The largest absolute Gasteiger partial charge is 0.488 e. The van der Waals surface area contributed by atoms with Crippen molar-refractivity contribution in [1.29, 1.82) is 0 Å². The van der Waals surface area contributed by atoms with Gasteiger partial charge in [-0.2, -0.15) is 0 Å². The van der Waals surface area contributed by atoms with Crippen molar-refractivity contribution in [2.45, 2.75) is 103 Å². The molecular formula is C43H55N3O4. The number of aryl methyl sites for hydroxylation is 1. The molecule has 0 aliphatic rings. The Labute approximate surface area is 299 Å². The summed E-state index contributed by atoms with van der Waals surface area (Å²) in [6, 6.07) is 35.6. The Hall–Kier alpha value is -4.46. The average molecular weight is 678 g/mol. The lowest BCUT2D eigenvalue weighted by atomic mass is 9.76. The molecule has 0 spiro atoms. The van der Waals surface area contributed by atoms with Gasteiger partial charge in [-0.05, 0) is 102 Å². The molecule has 4 aromatic carbocycles. The molecule has 0 aliphatic heterocycles. The number of hydrogen-bond acceptors (Lipinski definition) is 6. The number of esters is 1. The van der Waals surface area contributed by atoms with E-state index < -0.39 is 29.2 Å². The second-order valence-electron chi connectivity index (χ2n) is 15.0. The van der Waals surface area contributed by atoms with Gasteiger partial charge in [0.25, 0.3) is 0 Å². The molecule has 7 nitrogen and oxygen atoms in total. The molecule has 0 fully saturated rings. The SMILES string of the molecule is Cc1ccc(C(NCCCC[C@H](N)C(=O)N[C@@H](Cc2ccc(OC(C)(C)C)cc2)C(=O)OC(C)(C)C)(c2ccccc2)c2ccccc2)cc1. The van der Waals surface area contributed by atoms with Gasteiger partial charge < -0.3 is 20.5 Å². The van der Waals surface area contributed by atoms with Crippen molar-refractivity contribution in [3.63, 3.8) is 0 Å². The fourth-order valence-electron chi connectivity index (χ4n) is 6.01. The molecule has 0 heterocycles. The number of benzene rings is 4. The minimum Gasteiger partial charge on any atom is -0.488 e. The van der Waals surface area contributed by atoms with E-state index in [9.17, 15) is 9.59 Å². The zero-order valence-corrected chi connectivity index (χ0v) is 30.8. The molecule has 0 aromatic heterocycles. The summed E-state index contributed by atoms with van der Waals surface area (Å²) in [5.74, 6) is -0.130. The molecule has 50 heavy (non-hydrogen) atoms. The quantitative estimate of drug-likeness (QED) is 0.0680. The Morgan fingerprint density at radius 3 is 1.76 bits per heavy atom. The number of rotatable bonds is 15. The van der Waals surface area contributed by atoms with Crippen molar-refractivity contribution in [1.82, 2.24) is 10.6 Å². The lowest BCUT2D eigenvalue weighted by Crippen LogP contribution is -2.51. The summed E-state index contributed by atoms with van der Waals surface area (Å²) in [5.41, 5.74) is 10.4. The first-order valence-electron chi connectivity index (χ1n) is 17.7. The van der Waals surface area contributed by atoms with Crippen molar-refractivity contribution >= 4 is 11.9 Å². The summed E-state index contributed by atoms with van der Waals surface area (Å²) >= 11 is 0. The van der Waals surface area contributed by atoms with Gasteiger partial charge in [0.15, 0.2) is 0 Å². The third-order valence-corrected chi connectivity index (χ3v) is 8.36. The fraction of sp³-hybridized carbons (Fsp3) is 0.395. The number of hydrogen-bond donors (Lipinski definition) is 3. The highest BCUT2D eigenvalue weighted by atomic mass is 16.6. The molecule has 4 aromatic rings. The molecule has 4 rings (SSSR count). The van der Waals surface area contributed by atoms with Crippen molar-refractivity contribution in [2.75, 3.05) is 6.54 Å². The van der Waals surface area contributed by atoms with E-state index in [1.54, 1.807) is 0 Å². The molecule has 0 radical (unpaired) electrons. The summed E-state index contributed by atoms with van der Waals surface area (Å²) in [7, 11) is 0. The van der Waals surface area contributed by atoms with Crippen molar-refractivity contribution in [3.05, 3.63) is 137 Å². The van der Waals surface area contributed by atoms with Crippen LogP contribution in [0.4, 0.5) is 0 Å². The van der Waals surface area contributed by atoms with Gasteiger partial charge in [0, 0.05) is 6.42 Å². The van der Waals surface area contributed by atoms with Crippen LogP contribution in [-0.2, 0) is 26.3 Å². The van der Waals surface area contributed by atoms with Crippen LogP contribution < -0.4 is 21.1 Å². The maximum absolute atomic E-state index is 13.4. The van der Waals surface area contributed by atoms with Crippen molar-refractivity contribution in [2.24, 2.45) is 5.73 Å². The summed E-state index contributed by atoms with van der Waals surface area (Å²) in [4.78, 5) is 26.6. The highest BCUT2D eigenvalue weighted by molar-refractivity contribution is 5.87. The van der Waals surface area contributed by atoms with Crippen LogP contribution in [0.5, 0.6) is 5.75 Å². The van der Waals surface area contributed by atoms with Crippen LogP contribution in [-0.4, -0.2) is 41.7 Å². The third-order valence-electron chi connectivity index (χ3n) is 8.36. The molecule has 1 amide bonds. The van der Waals surface area contributed by atoms with Crippen molar-refractivity contribution in [3.8, 4) is 5.75 Å². The fourth-order valence-corrected chi connectivity index (χ4v) is 6.01.